The van der Waals surface area contributed by atoms with Gasteiger partial charge in [-0.25, -0.2) is 0 Å². The molecule has 0 saturated heterocycles. The fourth-order valence-corrected chi connectivity index (χ4v) is 1.47. The molecular formula is C10H10N2O. The van der Waals surface area contributed by atoms with Crippen LogP contribution in [0.5, 0.6) is 0 Å². The van der Waals surface area contributed by atoms with Crippen molar-refractivity contribution in [2.75, 3.05) is 0 Å². The maximum Gasteiger partial charge on any atom is 0.0479 e. The molecule has 2 N–H and O–H groups in total. The molecule has 3 heteroatoms. The van der Waals surface area contributed by atoms with Crippen molar-refractivity contribution in [3.63, 3.8) is 0 Å². The molecule has 0 aliphatic heterocycles. The molecule has 1 aromatic heterocycles. The summed E-state index contributed by atoms with van der Waals surface area (Å²) in [5.74, 6) is 0. The summed E-state index contributed by atoms with van der Waals surface area (Å²) in [5, 5.41) is 12.5. The van der Waals surface area contributed by atoms with Gasteiger partial charge in [-0.3, -0.25) is 0 Å². The number of oxime groups is 1. The average molecular weight is 174 g/mol. The van der Waals surface area contributed by atoms with E-state index in [0.29, 0.717) is 6.42 Å². The molecule has 66 valence electrons. The molecule has 0 aliphatic rings. The molecule has 0 atom stereocenters. The van der Waals surface area contributed by atoms with Gasteiger partial charge in [0, 0.05) is 29.7 Å². The van der Waals surface area contributed by atoms with E-state index < -0.39 is 0 Å². The number of nitrogens with one attached hydrogen (secondary N) is 1. The lowest BCUT2D eigenvalue weighted by Gasteiger charge is -1.97. The predicted octanol–water partition coefficient (Wildman–Crippen LogP) is 2.17. The Balaban J connectivity index is 2.48. The van der Waals surface area contributed by atoms with Crippen LogP contribution in [0, 0.1) is 0 Å². The van der Waals surface area contributed by atoms with Gasteiger partial charge in [-0.1, -0.05) is 12.1 Å². The second-order valence-corrected chi connectivity index (χ2v) is 2.86. The second-order valence-electron chi connectivity index (χ2n) is 2.86. The normalized spacial score (nSPS) is 11.4. The molecule has 3 nitrogen and oxygen atoms in total. The van der Waals surface area contributed by atoms with Gasteiger partial charge in [0.05, 0.1) is 0 Å². The molecule has 0 bridgehead atoms. The predicted molar refractivity (Wildman–Crippen MR) is 52.3 cm³/mol. The molecule has 13 heavy (non-hydrogen) atoms. The lowest BCUT2D eigenvalue weighted by atomic mass is 10.1. The highest BCUT2D eigenvalue weighted by Gasteiger charge is 1.98. The van der Waals surface area contributed by atoms with Crippen molar-refractivity contribution >= 4 is 17.1 Å². The summed E-state index contributed by atoms with van der Waals surface area (Å²) >= 11 is 0. The number of fused-ring (bicyclic) bond motifs is 1. The number of hydrogen-bond donors (Lipinski definition) is 2. The van der Waals surface area contributed by atoms with Crippen molar-refractivity contribution in [2.45, 2.75) is 6.42 Å². The summed E-state index contributed by atoms with van der Waals surface area (Å²) < 4.78 is 0. The van der Waals surface area contributed by atoms with Crippen LogP contribution in [0.3, 0.4) is 0 Å². The topological polar surface area (TPSA) is 48.4 Å². The Bertz CT molecular complexity index is 431. The van der Waals surface area contributed by atoms with E-state index in [1.807, 2.05) is 30.5 Å². The maximum absolute atomic E-state index is 8.31. The molecule has 0 radical (unpaired) electrons. The van der Waals surface area contributed by atoms with Gasteiger partial charge in [0.15, 0.2) is 0 Å². The number of H-pyrrole nitrogens is 1. The Morgan fingerprint density at radius 1 is 1.38 bits per heavy atom. The quantitative estimate of drug-likeness (QED) is 0.409. The van der Waals surface area contributed by atoms with Gasteiger partial charge in [-0.05, 0) is 17.7 Å². The average Bonchev–Trinajstić information content (AvgIpc) is 2.62. The van der Waals surface area contributed by atoms with Crippen molar-refractivity contribution in [2.24, 2.45) is 5.16 Å². The highest BCUT2D eigenvalue weighted by Crippen LogP contribution is 2.16. The minimum absolute atomic E-state index is 0.658. The van der Waals surface area contributed by atoms with Crippen LogP contribution in [0.2, 0.25) is 0 Å². The monoisotopic (exact) mass is 174 g/mol. The third-order valence-corrected chi connectivity index (χ3v) is 2.08. The molecular weight excluding hydrogens is 164 g/mol. The third kappa shape index (κ3) is 1.40. The lowest BCUT2D eigenvalue weighted by Crippen LogP contribution is -1.86. The van der Waals surface area contributed by atoms with Gasteiger partial charge in [0.2, 0.25) is 0 Å². The summed E-state index contributed by atoms with van der Waals surface area (Å²) in [4.78, 5) is 3.13. The van der Waals surface area contributed by atoms with Crippen LogP contribution in [-0.4, -0.2) is 16.4 Å². The number of aromatic amines is 1. The minimum Gasteiger partial charge on any atom is -0.411 e. The van der Waals surface area contributed by atoms with E-state index in [1.165, 1.54) is 11.6 Å². The zero-order valence-electron chi connectivity index (χ0n) is 7.07. The molecule has 0 saturated carbocycles. The third-order valence-electron chi connectivity index (χ3n) is 2.08. The van der Waals surface area contributed by atoms with Gasteiger partial charge in [-0.2, -0.15) is 0 Å². The molecule has 2 rings (SSSR count). The highest BCUT2D eigenvalue weighted by molar-refractivity contribution is 5.85. The van der Waals surface area contributed by atoms with E-state index in [2.05, 4.69) is 10.1 Å². The first-order chi connectivity index (χ1) is 6.42. The van der Waals surface area contributed by atoms with Crippen LogP contribution >= 0.6 is 0 Å². The van der Waals surface area contributed by atoms with Gasteiger partial charge >= 0.3 is 0 Å². The van der Waals surface area contributed by atoms with Crippen LogP contribution in [0.4, 0.5) is 0 Å². The Labute approximate surface area is 75.7 Å². The van der Waals surface area contributed by atoms with E-state index in [4.69, 9.17) is 5.21 Å². The number of nitrogens with zero attached hydrogens (tertiary/aromatic N) is 1. The van der Waals surface area contributed by atoms with Crippen molar-refractivity contribution in [3.05, 3.63) is 36.0 Å². The van der Waals surface area contributed by atoms with E-state index in [1.54, 1.807) is 0 Å². The first kappa shape index (κ1) is 7.86. The molecule has 0 unspecified atom stereocenters. The molecule has 0 amide bonds. The number of rotatable bonds is 2. The SMILES string of the molecule is O/N=C/Cc1cccc2[nH]ccc12. The minimum atomic E-state index is 0.658. The summed E-state index contributed by atoms with van der Waals surface area (Å²) in [5.41, 5.74) is 2.28. The second kappa shape index (κ2) is 3.31. The Morgan fingerprint density at radius 2 is 2.31 bits per heavy atom. The largest absolute Gasteiger partial charge is 0.411 e. The van der Waals surface area contributed by atoms with Gasteiger partial charge < -0.3 is 10.2 Å². The lowest BCUT2D eigenvalue weighted by molar-refractivity contribution is 0.321. The molecule has 0 aliphatic carbocycles. The van der Waals surface area contributed by atoms with Crippen LogP contribution < -0.4 is 0 Å². The van der Waals surface area contributed by atoms with Gasteiger partial charge in [-0.15, -0.1) is 5.16 Å². The maximum atomic E-state index is 8.31. The van der Waals surface area contributed by atoms with Crippen molar-refractivity contribution in [1.82, 2.24) is 4.98 Å². The number of aromatic nitrogens is 1. The van der Waals surface area contributed by atoms with Crippen LogP contribution in [0.15, 0.2) is 35.6 Å². The summed E-state index contributed by atoms with van der Waals surface area (Å²) in [6.07, 6.45) is 4.05. The zero-order valence-corrected chi connectivity index (χ0v) is 7.07. The van der Waals surface area contributed by atoms with Crippen molar-refractivity contribution < 1.29 is 5.21 Å². The summed E-state index contributed by atoms with van der Waals surface area (Å²) in [6.45, 7) is 0. The number of hydrogen-bond acceptors (Lipinski definition) is 2. The van der Waals surface area contributed by atoms with E-state index in [9.17, 15) is 0 Å². The van der Waals surface area contributed by atoms with Crippen molar-refractivity contribution in [1.29, 1.82) is 0 Å². The smallest absolute Gasteiger partial charge is 0.0479 e. The molecule has 0 spiro atoms. The zero-order chi connectivity index (χ0) is 9.10. The van der Waals surface area contributed by atoms with Crippen molar-refractivity contribution in [3.8, 4) is 0 Å². The van der Waals surface area contributed by atoms with Crippen LogP contribution in [-0.2, 0) is 6.42 Å². The van der Waals surface area contributed by atoms with E-state index in [0.717, 1.165) is 11.1 Å². The van der Waals surface area contributed by atoms with E-state index in [-0.39, 0.29) is 0 Å². The van der Waals surface area contributed by atoms with Crippen LogP contribution in [0.1, 0.15) is 5.56 Å². The molecule has 2 aromatic rings. The molecule has 1 heterocycles. The fourth-order valence-electron chi connectivity index (χ4n) is 1.47. The standard InChI is InChI=1S/C10H10N2O/c13-12-7-4-8-2-1-3-10-9(8)5-6-11-10/h1-3,5-7,11,13H,4H2/b12-7+. The first-order valence-electron chi connectivity index (χ1n) is 4.12. The fraction of sp³-hybridized carbons (Fsp3) is 0.100. The van der Waals surface area contributed by atoms with Gasteiger partial charge in [0.1, 0.15) is 0 Å². The molecule has 0 fully saturated rings. The molecule has 1 aromatic carbocycles. The summed E-state index contributed by atoms with van der Waals surface area (Å²) in [7, 11) is 0. The Hall–Kier alpha value is -1.77. The number of benzene rings is 1. The Morgan fingerprint density at radius 3 is 3.15 bits per heavy atom. The van der Waals surface area contributed by atoms with Gasteiger partial charge in [0.25, 0.3) is 0 Å². The first-order valence-corrected chi connectivity index (χ1v) is 4.12. The summed E-state index contributed by atoms with van der Waals surface area (Å²) in [6, 6.07) is 8.06. The highest BCUT2D eigenvalue weighted by atomic mass is 16.4. The van der Waals surface area contributed by atoms with Crippen LogP contribution in [0.25, 0.3) is 10.9 Å². The Kier molecular flexibility index (Phi) is 2.00. The van der Waals surface area contributed by atoms with E-state index >= 15 is 0 Å².